The molecular formula is C27H26ClF4N3O4. The zero-order valence-corrected chi connectivity index (χ0v) is 21.7. The fourth-order valence-electron chi connectivity index (χ4n) is 3.75. The lowest BCUT2D eigenvalue weighted by molar-refractivity contribution is -0.265. The van der Waals surface area contributed by atoms with Crippen molar-refractivity contribution in [3.05, 3.63) is 76.2 Å². The zero-order chi connectivity index (χ0) is 28.5. The number of hydrogen-bond donors (Lipinski definition) is 3. The third-order valence-electron chi connectivity index (χ3n) is 6.23. The molecule has 12 heteroatoms. The van der Waals surface area contributed by atoms with Gasteiger partial charge in [-0.25, -0.2) is 9.37 Å². The number of nitrogens with two attached hydrogens (primary N) is 1. The largest absolute Gasteiger partial charge is 0.493 e. The normalized spacial score (nSPS) is 15.8. The summed E-state index contributed by atoms with van der Waals surface area (Å²) < 4.78 is 67.7. The lowest BCUT2D eigenvalue weighted by atomic mass is 9.94. The molecule has 1 aliphatic carbocycles. The van der Waals surface area contributed by atoms with E-state index in [1.807, 2.05) is 0 Å². The van der Waals surface area contributed by atoms with Gasteiger partial charge in [0.1, 0.15) is 5.82 Å². The molecule has 1 saturated carbocycles. The fourth-order valence-corrected chi connectivity index (χ4v) is 3.93. The van der Waals surface area contributed by atoms with Crippen LogP contribution in [0.15, 0.2) is 48.5 Å². The topological polar surface area (TPSA) is 107 Å². The Morgan fingerprint density at radius 2 is 1.90 bits per heavy atom. The van der Waals surface area contributed by atoms with Crippen molar-refractivity contribution in [3.63, 3.8) is 0 Å². The van der Waals surface area contributed by atoms with Crippen LogP contribution in [0.25, 0.3) is 11.3 Å². The fraction of sp³-hybridized carbons (Fsp3) is 0.333. The minimum Gasteiger partial charge on any atom is -0.493 e. The van der Waals surface area contributed by atoms with Crippen LogP contribution in [0.1, 0.15) is 47.4 Å². The van der Waals surface area contributed by atoms with E-state index in [0.29, 0.717) is 5.75 Å². The van der Waals surface area contributed by atoms with Crippen molar-refractivity contribution >= 4 is 17.5 Å². The Kier molecular flexibility index (Phi) is 8.06. The van der Waals surface area contributed by atoms with E-state index in [4.69, 9.17) is 26.8 Å². The van der Waals surface area contributed by atoms with Crippen molar-refractivity contribution in [2.24, 2.45) is 5.73 Å². The summed E-state index contributed by atoms with van der Waals surface area (Å²) in [5.41, 5.74) is 1.95. The van der Waals surface area contributed by atoms with Gasteiger partial charge in [0, 0.05) is 17.2 Å². The van der Waals surface area contributed by atoms with Gasteiger partial charge in [-0.15, -0.1) is 0 Å². The number of methoxy groups -OCH3 is 1. The van der Waals surface area contributed by atoms with Gasteiger partial charge in [0.05, 0.1) is 36.2 Å². The second-order valence-corrected chi connectivity index (χ2v) is 9.72. The van der Waals surface area contributed by atoms with Crippen molar-refractivity contribution < 1.29 is 36.9 Å². The summed E-state index contributed by atoms with van der Waals surface area (Å²) in [5, 5.41) is 12.9. The molecule has 1 heterocycles. The van der Waals surface area contributed by atoms with Crippen LogP contribution in [0.3, 0.4) is 0 Å². The SMILES string of the molecule is COc1cc(C(=O)NCC(O)(c2cc(C(C)N)cc(-c3ccc(F)c(Cl)c3)n2)C(F)(F)F)ccc1OC1CC1. The van der Waals surface area contributed by atoms with E-state index in [2.05, 4.69) is 10.3 Å². The van der Waals surface area contributed by atoms with Crippen LogP contribution in [0, 0.1) is 5.82 Å². The summed E-state index contributed by atoms with van der Waals surface area (Å²) in [6.45, 7) is 0.288. The van der Waals surface area contributed by atoms with Crippen LogP contribution < -0.4 is 20.5 Å². The van der Waals surface area contributed by atoms with Gasteiger partial charge >= 0.3 is 6.18 Å². The second kappa shape index (κ2) is 11.0. The molecule has 1 aliphatic rings. The van der Waals surface area contributed by atoms with Crippen LogP contribution >= 0.6 is 11.6 Å². The first-order valence-electron chi connectivity index (χ1n) is 12.0. The zero-order valence-electron chi connectivity index (χ0n) is 21.0. The summed E-state index contributed by atoms with van der Waals surface area (Å²) in [6, 6.07) is 9.45. The molecule has 2 atom stereocenters. The smallest absolute Gasteiger partial charge is 0.424 e. The number of rotatable bonds is 9. The summed E-state index contributed by atoms with van der Waals surface area (Å²) in [4.78, 5) is 16.8. The lowest BCUT2D eigenvalue weighted by Crippen LogP contribution is -2.51. The molecule has 1 aromatic heterocycles. The molecule has 0 radical (unpaired) electrons. The number of nitrogens with one attached hydrogen (secondary N) is 1. The lowest BCUT2D eigenvalue weighted by Gasteiger charge is -2.31. The van der Waals surface area contributed by atoms with Gasteiger partial charge in [0.25, 0.3) is 5.91 Å². The van der Waals surface area contributed by atoms with E-state index in [9.17, 15) is 27.5 Å². The molecule has 4 rings (SSSR count). The first-order chi connectivity index (χ1) is 18.3. The highest BCUT2D eigenvalue weighted by Crippen LogP contribution is 2.40. The minimum atomic E-state index is -5.25. The van der Waals surface area contributed by atoms with Crippen molar-refractivity contribution in [1.29, 1.82) is 0 Å². The van der Waals surface area contributed by atoms with E-state index in [1.165, 1.54) is 43.5 Å². The van der Waals surface area contributed by atoms with E-state index < -0.39 is 41.8 Å². The van der Waals surface area contributed by atoms with Crippen molar-refractivity contribution in [2.75, 3.05) is 13.7 Å². The number of hydrogen-bond acceptors (Lipinski definition) is 6. The van der Waals surface area contributed by atoms with Crippen LogP contribution in [0.4, 0.5) is 17.6 Å². The van der Waals surface area contributed by atoms with E-state index in [-0.39, 0.29) is 39.3 Å². The summed E-state index contributed by atoms with van der Waals surface area (Å²) in [7, 11) is 1.38. The number of aromatic nitrogens is 1. The highest BCUT2D eigenvalue weighted by molar-refractivity contribution is 6.31. The minimum absolute atomic E-state index is 0.00143. The number of amides is 1. The predicted octanol–water partition coefficient (Wildman–Crippen LogP) is 5.29. The number of nitrogens with zero attached hydrogens (tertiary/aromatic N) is 1. The molecule has 39 heavy (non-hydrogen) atoms. The molecule has 0 aliphatic heterocycles. The van der Waals surface area contributed by atoms with Gasteiger partial charge < -0.3 is 25.6 Å². The Morgan fingerprint density at radius 1 is 1.18 bits per heavy atom. The molecule has 208 valence electrons. The second-order valence-electron chi connectivity index (χ2n) is 9.31. The van der Waals surface area contributed by atoms with Crippen molar-refractivity contribution in [1.82, 2.24) is 10.3 Å². The Labute approximate surface area is 226 Å². The number of halogens is 5. The predicted molar refractivity (Wildman–Crippen MR) is 136 cm³/mol. The van der Waals surface area contributed by atoms with E-state index in [1.54, 1.807) is 6.92 Å². The van der Waals surface area contributed by atoms with Crippen LogP contribution in [0.5, 0.6) is 11.5 Å². The van der Waals surface area contributed by atoms with Gasteiger partial charge in [-0.05, 0) is 73.9 Å². The Balaban J connectivity index is 1.66. The Bertz CT molecular complexity index is 1380. The molecule has 0 saturated heterocycles. The van der Waals surface area contributed by atoms with Gasteiger partial charge in [-0.3, -0.25) is 4.79 Å². The quantitative estimate of drug-likeness (QED) is 0.303. The molecular weight excluding hydrogens is 542 g/mol. The average Bonchev–Trinajstić information content (AvgIpc) is 3.72. The molecule has 7 nitrogen and oxygen atoms in total. The highest BCUT2D eigenvalue weighted by atomic mass is 35.5. The van der Waals surface area contributed by atoms with Gasteiger partial charge in [0.2, 0.25) is 5.60 Å². The number of ether oxygens (including phenoxy) is 2. The Hall–Kier alpha value is -3.41. The number of carbonyl (C=O) groups is 1. The van der Waals surface area contributed by atoms with Crippen molar-refractivity contribution in [2.45, 2.75) is 43.7 Å². The first-order valence-corrected chi connectivity index (χ1v) is 12.4. The van der Waals surface area contributed by atoms with E-state index in [0.717, 1.165) is 25.0 Å². The Morgan fingerprint density at radius 3 is 2.49 bits per heavy atom. The van der Waals surface area contributed by atoms with Gasteiger partial charge in [-0.1, -0.05) is 11.6 Å². The molecule has 3 aromatic rings. The summed E-state index contributed by atoms with van der Waals surface area (Å²) >= 11 is 5.85. The molecule has 4 N–H and O–H groups in total. The van der Waals surface area contributed by atoms with Gasteiger partial charge in [0.15, 0.2) is 11.5 Å². The molecule has 2 aromatic carbocycles. The van der Waals surface area contributed by atoms with Crippen molar-refractivity contribution in [3.8, 4) is 22.8 Å². The van der Waals surface area contributed by atoms with Crippen LogP contribution in [-0.2, 0) is 5.60 Å². The molecule has 0 spiro atoms. The maximum atomic E-state index is 14.3. The third-order valence-corrected chi connectivity index (χ3v) is 6.52. The standard InChI is InChI=1S/C27H26ClF4N3O4/c1-14(33)17-10-21(15-3-7-20(29)19(28)9-15)35-24(12-17)26(37,27(30,31)32)13-34-25(36)16-4-8-22(23(11-16)38-2)39-18-5-6-18/h3-4,7-12,14,18,37H,5-6,13,33H2,1-2H3,(H,34,36). The molecule has 2 unspecified atom stereocenters. The van der Waals surface area contributed by atoms with Crippen LogP contribution in [0.2, 0.25) is 5.02 Å². The van der Waals surface area contributed by atoms with E-state index >= 15 is 0 Å². The summed E-state index contributed by atoms with van der Waals surface area (Å²) in [6.07, 6.45) is -3.39. The third kappa shape index (κ3) is 6.26. The monoisotopic (exact) mass is 567 g/mol. The number of aliphatic hydroxyl groups is 1. The first kappa shape index (κ1) is 28.6. The average molecular weight is 568 g/mol. The number of benzene rings is 2. The molecule has 0 bridgehead atoms. The maximum Gasteiger partial charge on any atom is 0.424 e. The highest BCUT2D eigenvalue weighted by Gasteiger charge is 2.56. The van der Waals surface area contributed by atoms with Crippen LogP contribution in [-0.4, -0.2) is 41.9 Å². The number of carbonyl (C=O) groups excluding carboxylic acids is 1. The molecule has 1 amide bonds. The number of pyridine rings is 1. The molecule has 1 fully saturated rings. The van der Waals surface area contributed by atoms with Gasteiger partial charge in [-0.2, -0.15) is 13.2 Å². The maximum absolute atomic E-state index is 14.3. The number of alkyl halides is 3. The summed E-state index contributed by atoms with van der Waals surface area (Å²) in [5.74, 6) is -0.951.